The molecule has 106 valence electrons. The molecule has 2 N–H and O–H groups in total. The number of nitrogens with zero attached hydrogens (tertiary/aromatic N) is 1. The maximum absolute atomic E-state index is 13.5. The van der Waals surface area contributed by atoms with Crippen molar-refractivity contribution in [3.05, 3.63) is 45.0 Å². The van der Waals surface area contributed by atoms with Crippen LogP contribution in [0, 0.1) is 5.82 Å². The Morgan fingerprint density at radius 2 is 2.20 bits per heavy atom. The largest absolute Gasteiger partial charge is 0.477 e. The zero-order valence-electron chi connectivity index (χ0n) is 10.6. The summed E-state index contributed by atoms with van der Waals surface area (Å²) in [5.41, 5.74) is 2.11. The molecule has 1 aromatic heterocycles. The molecule has 1 aromatic carbocycles. The normalized spacial score (nSPS) is 10.8. The fourth-order valence-electron chi connectivity index (χ4n) is 1.84. The Morgan fingerprint density at radius 1 is 1.50 bits per heavy atom. The van der Waals surface area contributed by atoms with Crippen molar-refractivity contribution in [2.75, 3.05) is 12.0 Å². The Hall–Kier alpha value is -2.08. The van der Waals surface area contributed by atoms with Crippen LogP contribution >= 0.6 is 11.6 Å². The van der Waals surface area contributed by atoms with Crippen molar-refractivity contribution < 1.29 is 14.3 Å². The minimum atomic E-state index is -1.36. The molecule has 5 nitrogen and oxygen atoms in total. The van der Waals surface area contributed by atoms with E-state index in [2.05, 4.69) is 5.43 Å². The van der Waals surface area contributed by atoms with Crippen molar-refractivity contribution in [1.82, 2.24) is 4.68 Å². The summed E-state index contributed by atoms with van der Waals surface area (Å²) in [5, 5.41) is 8.87. The molecular weight excluding hydrogens is 287 g/mol. The summed E-state index contributed by atoms with van der Waals surface area (Å²) < 4.78 is 14.9. The number of nitrogens with one attached hydrogen (secondary N) is 1. The van der Waals surface area contributed by atoms with Gasteiger partial charge in [-0.15, -0.1) is 0 Å². The molecular formula is C13H12ClFN2O3. The van der Waals surface area contributed by atoms with Crippen LogP contribution in [0.25, 0.3) is 10.9 Å². The fraction of sp³-hybridized carbons (Fsp3) is 0.231. The van der Waals surface area contributed by atoms with Gasteiger partial charge in [-0.1, -0.05) is 18.5 Å². The van der Waals surface area contributed by atoms with Gasteiger partial charge in [0.15, 0.2) is 0 Å². The highest BCUT2D eigenvalue weighted by molar-refractivity contribution is 6.31. The molecule has 1 heterocycles. The summed E-state index contributed by atoms with van der Waals surface area (Å²) >= 11 is 5.71. The van der Waals surface area contributed by atoms with E-state index in [1.165, 1.54) is 16.9 Å². The maximum Gasteiger partial charge on any atom is 0.341 e. The fourth-order valence-corrected chi connectivity index (χ4v) is 1.99. The second-order valence-electron chi connectivity index (χ2n) is 4.24. The first-order chi connectivity index (χ1) is 9.45. The molecule has 0 amide bonds. The van der Waals surface area contributed by atoms with Crippen molar-refractivity contribution in [3.63, 3.8) is 0 Å². The average Bonchev–Trinajstić information content (AvgIpc) is 2.40. The highest BCUT2D eigenvalue weighted by Gasteiger charge is 2.16. The Morgan fingerprint density at radius 3 is 2.80 bits per heavy atom. The number of rotatable bonds is 4. The third kappa shape index (κ3) is 2.46. The minimum absolute atomic E-state index is 0.0320. The molecule has 0 radical (unpaired) electrons. The number of hydrogen-bond acceptors (Lipinski definition) is 3. The van der Waals surface area contributed by atoms with Crippen LogP contribution in [0.5, 0.6) is 0 Å². The molecule has 2 rings (SSSR count). The summed E-state index contributed by atoms with van der Waals surface area (Å²) in [6.45, 7) is 2.49. The number of aromatic nitrogens is 1. The Bertz CT molecular complexity index is 742. The van der Waals surface area contributed by atoms with Crippen LogP contribution in [0.4, 0.5) is 4.39 Å². The summed E-state index contributed by atoms with van der Waals surface area (Å²) in [5.74, 6) is -2.12. The molecule has 0 atom stereocenters. The number of halogens is 2. The first-order valence-corrected chi connectivity index (χ1v) is 6.35. The molecule has 0 saturated carbocycles. The molecule has 0 saturated heterocycles. The van der Waals surface area contributed by atoms with Gasteiger partial charge in [-0.3, -0.25) is 9.47 Å². The van der Waals surface area contributed by atoms with E-state index in [9.17, 15) is 14.0 Å². The standard InChI is InChI=1S/C13H12ClFN2O3/c1-2-3-16-17-6-8(13(19)20)12(18)7-4-10(15)9(14)5-11(7)17/h4-6,16H,2-3H2,1H3,(H,19,20). The molecule has 0 aliphatic carbocycles. The van der Waals surface area contributed by atoms with Crippen LogP contribution in [-0.4, -0.2) is 22.3 Å². The van der Waals surface area contributed by atoms with Crippen molar-refractivity contribution in [2.24, 2.45) is 0 Å². The maximum atomic E-state index is 13.5. The van der Waals surface area contributed by atoms with Crippen LogP contribution in [0.3, 0.4) is 0 Å². The number of fused-ring (bicyclic) bond motifs is 1. The summed E-state index contributed by atoms with van der Waals surface area (Å²) in [6, 6.07) is 2.25. The summed E-state index contributed by atoms with van der Waals surface area (Å²) in [6.07, 6.45) is 1.97. The minimum Gasteiger partial charge on any atom is -0.477 e. The van der Waals surface area contributed by atoms with E-state index >= 15 is 0 Å². The van der Waals surface area contributed by atoms with Crippen molar-refractivity contribution in [3.8, 4) is 0 Å². The number of aromatic carboxylic acids is 1. The predicted octanol–water partition coefficient (Wildman–Crippen LogP) is 2.45. The SMILES string of the molecule is CCCNn1cc(C(=O)O)c(=O)c2cc(F)c(Cl)cc21. The van der Waals surface area contributed by atoms with Gasteiger partial charge in [0.1, 0.15) is 11.4 Å². The lowest BCUT2D eigenvalue weighted by Crippen LogP contribution is -2.24. The average molecular weight is 299 g/mol. The van der Waals surface area contributed by atoms with E-state index in [4.69, 9.17) is 16.7 Å². The van der Waals surface area contributed by atoms with Gasteiger partial charge in [-0.2, -0.15) is 0 Å². The van der Waals surface area contributed by atoms with Gasteiger partial charge in [0.25, 0.3) is 0 Å². The number of hydrogen-bond donors (Lipinski definition) is 2. The van der Waals surface area contributed by atoms with Crippen LogP contribution in [0.2, 0.25) is 5.02 Å². The highest BCUT2D eigenvalue weighted by Crippen LogP contribution is 2.21. The zero-order valence-corrected chi connectivity index (χ0v) is 11.4. The first kappa shape index (κ1) is 14.3. The third-order valence-electron chi connectivity index (χ3n) is 2.81. The van der Waals surface area contributed by atoms with Crippen LogP contribution in [0.15, 0.2) is 23.1 Å². The molecule has 0 aliphatic heterocycles. The Kier molecular flexibility index (Phi) is 3.94. The van der Waals surface area contributed by atoms with Crippen LogP contribution in [-0.2, 0) is 0 Å². The lowest BCUT2D eigenvalue weighted by molar-refractivity contribution is 0.0695. The lowest BCUT2D eigenvalue weighted by Gasteiger charge is -2.14. The molecule has 0 bridgehead atoms. The molecule has 2 aromatic rings. The van der Waals surface area contributed by atoms with Crippen molar-refractivity contribution in [1.29, 1.82) is 0 Å². The van der Waals surface area contributed by atoms with E-state index in [1.807, 2.05) is 6.92 Å². The monoisotopic (exact) mass is 298 g/mol. The van der Waals surface area contributed by atoms with Gasteiger partial charge in [-0.25, -0.2) is 9.18 Å². The van der Waals surface area contributed by atoms with E-state index in [0.29, 0.717) is 12.1 Å². The second kappa shape index (κ2) is 5.50. The van der Waals surface area contributed by atoms with Crippen LogP contribution in [0.1, 0.15) is 23.7 Å². The van der Waals surface area contributed by atoms with Gasteiger partial charge < -0.3 is 10.5 Å². The van der Waals surface area contributed by atoms with E-state index in [1.54, 1.807) is 0 Å². The molecule has 0 aliphatic rings. The molecule has 0 spiro atoms. The first-order valence-electron chi connectivity index (χ1n) is 5.97. The third-order valence-corrected chi connectivity index (χ3v) is 3.10. The molecule has 0 fully saturated rings. The van der Waals surface area contributed by atoms with Gasteiger partial charge in [0, 0.05) is 12.7 Å². The smallest absolute Gasteiger partial charge is 0.341 e. The number of carbonyl (C=O) groups is 1. The van der Waals surface area contributed by atoms with E-state index in [-0.39, 0.29) is 10.4 Å². The van der Waals surface area contributed by atoms with Gasteiger partial charge >= 0.3 is 5.97 Å². The van der Waals surface area contributed by atoms with E-state index < -0.39 is 22.8 Å². The molecule has 0 unspecified atom stereocenters. The quantitative estimate of drug-likeness (QED) is 0.909. The lowest BCUT2D eigenvalue weighted by atomic mass is 10.1. The van der Waals surface area contributed by atoms with Crippen molar-refractivity contribution >= 4 is 28.5 Å². The second-order valence-corrected chi connectivity index (χ2v) is 4.65. The Labute approximate surface area is 118 Å². The van der Waals surface area contributed by atoms with Gasteiger partial charge in [-0.05, 0) is 18.6 Å². The Balaban J connectivity index is 2.81. The summed E-state index contributed by atoms with van der Waals surface area (Å²) in [7, 11) is 0. The highest BCUT2D eigenvalue weighted by atomic mass is 35.5. The number of carboxylic acid groups (broad SMARTS) is 1. The van der Waals surface area contributed by atoms with Gasteiger partial charge in [0.2, 0.25) is 5.43 Å². The van der Waals surface area contributed by atoms with Gasteiger partial charge in [0.05, 0.1) is 15.9 Å². The van der Waals surface area contributed by atoms with Crippen molar-refractivity contribution in [2.45, 2.75) is 13.3 Å². The molecule has 20 heavy (non-hydrogen) atoms. The van der Waals surface area contributed by atoms with E-state index in [0.717, 1.165) is 12.5 Å². The topological polar surface area (TPSA) is 71.3 Å². The predicted molar refractivity (Wildman–Crippen MR) is 74.7 cm³/mol. The number of carboxylic acids is 1. The van der Waals surface area contributed by atoms with Crippen LogP contribution < -0.4 is 10.9 Å². The summed E-state index contributed by atoms with van der Waals surface area (Å²) in [4.78, 5) is 23.1. The number of pyridine rings is 1. The number of benzene rings is 1. The molecule has 7 heteroatoms. The zero-order chi connectivity index (χ0) is 14.9.